The Morgan fingerprint density at radius 2 is 2.25 bits per heavy atom. The van der Waals surface area contributed by atoms with Crippen molar-refractivity contribution < 1.29 is 4.79 Å². The van der Waals surface area contributed by atoms with Crippen LogP contribution in [-0.4, -0.2) is 20.3 Å². The summed E-state index contributed by atoms with van der Waals surface area (Å²) < 4.78 is 1.78. The van der Waals surface area contributed by atoms with Crippen molar-refractivity contribution in [1.82, 2.24) is 14.5 Å². The maximum absolute atomic E-state index is 12.0. The average Bonchev–Trinajstić information content (AvgIpc) is 2.77. The normalized spacial score (nSPS) is 10.4. The van der Waals surface area contributed by atoms with Gasteiger partial charge in [-0.2, -0.15) is 0 Å². The number of hydrogen-bond donors (Lipinski definition) is 0. The highest BCUT2D eigenvalue weighted by Crippen LogP contribution is 2.10. The van der Waals surface area contributed by atoms with E-state index in [2.05, 4.69) is 9.97 Å². The summed E-state index contributed by atoms with van der Waals surface area (Å²) in [6.45, 7) is 2.66. The van der Waals surface area contributed by atoms with E-state index < -0.39 is 0 Å². The third-order valence-corrected chi connectivity index (χ3v) is 2.44. The lowest BCUT2D eigenvalue weighted by molar-refractivity contribution is 0.102. The zero-order valence-electron chi connectivity index (χ0n) is 8.72. The van der Waals surface area contributed by atoms with Crippen molar-refractivity contribution in [2.75, 3.05) is 0 Å². The first-order valence-electron chi connectivity index (χ1n) is 4.89. The molecule has 16 heavy (non-hydrogen) atoms. The highest BCUT2D eigenvalue weighted by atomic mass is 35.5. The maximum Gasteiger partial charge on any atom is 0.246 e. The second-order valence-corrected chi connectivity index (χ2v) is 3.66. The Bertz CT molecular complexity index is 504. The number of nitrogens with zero attached hydrogens (tertiary/aromatic N) is 3. The smallest absolute Gasteiger partial charge is 0.246 e. The van der Waals surface area contributed by atoms with Gasteiger partial charge in [0, 0.05) is 25.1 Å². The Morgan fingerprint density at radius 3 is 2.88 bits per heavy atom. The number of imidazole rings is 1. The number of carbonyl (C=O) groups excluding carboxylic acids is 1. The third kappa shape index (κ3) is 1.97. The van der Waals surface area contributed by atoms with E-state index in [1.807, 2.05) is 6.92 Å². The van der Waals surface area contributed by atoms with Crippen molar-refractivity contribution in [2.45, 2.75) is 13.5 Å². The van der Waals surface area contributed by atoms with Crippen LogP contribution in [0.3, 0.4) is 0 Å². The SMILES string of the molecule is CCn1ccnc1C(=O)c1ccc(Cl)cn1. The minimum absolute atomic E-state index is 0.191. The summed E-state index contributed by atoms with van der Waals surface area (Å²) in [6, 6.07) is 3.24. The fourth-order valence-corrected chi connectivity index (χ4v) is 1.51. The topological polar surface area (TPSA) is 47.8 Å². The predicted molar refractivity (Wildman–Crippen MR) is 60.6 cm³/mol. The van der Waals surface area contributed by atoms with E-state index >= 15 is 0 Å². The summed E-state index contributed by atoms with van der Waals surface area (Å²) >= 11 is 5.71. The van der Waals surface area contributed by atoms with Crippen molar-refractivity contribution in [3.05, 3.63) is 47.3 Å². The fourth-order valence-electron chi connectivity index (χ4n) is 1.40. The Hall–Kier alpha value is -1.68. The van der Waals surface area contributed by atoms with Gasteiger partial charge in [-0.3, -0.25) is 9.78 Å². The molecule has 82 valence electrons. The minimum Gasteiger partial charge on any atom is -0.328 e. The molecular weight excluding hydrogens is 226 g/mol. The number of pyridine rings is 1. The molecule has 2 aromatic rings. The van der Waals surface area contributed by atoms with Gasteiger partial charge in [0.25, 0.3) is 0 Å². The molecule has 0 unspecified atom stereocenters. The molecule has 0 aromatic carbocycles. The summed E-state index contributed by atoms with van der Waals surface area (Å²) in [4.78, 5) is 20.0. The minimum atomic E-state index is -0.191. The number of aromatic nitrogens is 3. The van der Waals surface area contributed by atoms with E-state index in [-0.39, 0.29) is 5.78 Å². The number of rotatable bonds is 3. The third-order valence-electron chi connectivity index (χ3n) is 2.22. The Labute approximate surface area is 97.9 Å². The van der Waals surface area contributed by atoms with Crippen LogP contribution in [0, 0.1) is 0 Å². The zero-order valence-corrected chi connectivity index (χ0v) is 9.48. The Morgan fingerprint density at radius 1 is 1.44 bits per heavy atom. The van der Waals surface area contributed by atoms with Gasteiger partial charge in [0.05, 0.1) is 5.02 Å². The van der Waals surface area contributed by atoms with Crippen LogP contribution in [0.15, 0.2) is 30.7 Å². The Kier molecular flexibility index (Phi) is 3.01. The van der Waals surface area contributed by atoms with Gasteiger partial charge in [-0.25, -0.2) is 4.98 Å². The molecule has 0 radical (unpaired) electrons. The van der Waals surface area contributed by atoms with Crippen molar-refractivity contribution in [1.29, 1.82) is 0 Å². The van der Waals surface area contributed by atoms with Crippen LogP contribution in [0.5, 0.6) is 0 Å². The quantitative estimate of drug-likeness (QED) is 0.767. The van der Waals surface area contributed by atoms with E-state index in [0.29, 0.717) is 23.1 Å². The lowest BCUT2D eigenvalue weighted by Crippen LogP contribution is -2.11. The number of halogens is 1. The van der Waals surface area contributed by atoms with Gasteiger partial charge in [0.2, 0.25) is 5.78 Å². The summed E-state index contributed by atoms with van der Waals surface area (Å²) in [5.41, 5.74) is 0.352. The van der Waals surface area contributed by atoms with Gasteiger partial charge in [-0.05, 0) is 19.1 Å². The van der Waals surface area contributed by atoms with E-state index in [4.69, 9.17) is 11.6 Å². The Balaban J connectivity index is 2.35. The monoisotopic (exact) mass is 235 g/mol. The van der Waals surface area contributed by atoms with Gasteiger partial charge in [0.1, 0.15) is 5.69 Å². The van der Waals surface area contributed by atoms with Crippen LogP contribution in [-0.2, 0) is 6.54 Å². The van der Waals surface area contributed by atoms with Crippen LogP contribution in [0.4, 0.5) is 0 Å². The molecule has 0 spiro atoms. The number of carbonyl (C=O) groups is 1. The first kappa shape index (κ1) is 10.8. The van der Waals surface area contributed by atoms with Crippen molar-refractivity contribution >= 4 is 17.4 Å². The second kappa shape index (κ2) is 4.45. The summed E-state index contributed by atoms with van der Waals surface area (Å²) in [7, 11) is 0. The van der Waals surface area contributed by atoms with Gasteiger partial charge < -0.3 is 4.57 Å². The number of aryl methyl sites for hydroxylation is 1. The predicted octanol–water partition coefficient (Wildman–Crippen LogP) is 2.18. The molecule has 0 saturated heterocycles. The second-order valence-electron chi connectivity index (χ2n) is 3.23. The van der Waals surface area contributed by atoms with E-state index in [9.17, 15) is 4.79 Å². The van der Waals surface area contributed by atoms with Crippen LogP contribution in [0.1, 0.15) is 23.2 Å². The van der Waals surface area contributed by atoms with Crippen molar-refractivity contribution in [3.63, 3.8) is 0 Å². The first-order valence-corrected chi connectivity index (χ1v) is 5.27. The van der Waals surface area contributed by atoms with Crippen LogP contribution < -0.4 is 0 Å². The van der Waals surface area contributed by atoms with Crippen LogP contribution >= 0.6 is 11.6 Å². The number of ketones is 1. The molecule has 5 heteroatoms. The first-order chi connectivity index (χ1) is 7.72. The number of hydrogen-bond acceptors (Lipinski definition) is 3. The molecular formula is C11H10ClN3O. The summed E-state index contributed by atoms with van der Waals surface area (Å²) in [6.07, 6.45) is 4.82. The molecule has 2 heterocycles. The fraction of sp³-hybridized carbons (Fsp3) is 0.182. The van der Waals surface area contributed by atoms with Gasteiger partial charge in [-0.1, -0.05) is 11.6 Å². The van der Waals surface area contributed by atoms with Crippen molar-refractivity contribution in [3.8, 4) is 0 Å². The molecule has 0 saturated carbocycles. The molecule has 0 bridgehead atoms. The molecule has 0 N–H and O–H groups in total. The average molecular weight is 236 g/mol. The van der Waals surface area contributed by atoms with Gasteiger partial charge in [-0.15, -0.1) is 0 Å². The lowest BCUT2D eigenvalue weighted by Gasteiger charge is -2.02. The summed E-state index contributed by atoms with van der Waals surface area (Å²) in [5, 5.41) is 0.510. The highest BCUT2D eigenvalue weighted by molar-refractivity contribution is 6.30. The standard InChI is InChI=1S/C11H10ClN3O/c1-2-15-6-5-13-11(15)10(16)9-4-3-8(12)7-14-9/h3-7H,2H2,1H3. The van der Waals surface area contributed by atoms with E-state index in [1.165, 1.54) is 6.20 Å². The molecule has 0 amide bonds. The molecule has 0 aliphatic heterocycles. The van der Waals surface area contributed by atoms with Gasteiger partial charge >= 0.3 is 0 Å². The maximum atomic E-state index is 12.0. The molecule has 0 aliphatic rings. The van der Waals surface area contributed by atoms with Gasteiger partial charge in [0.15, 0.2) is 5.82 Å². The molecule has 0 aliphatic carbocycles. The molecule has 2 rings (SSSR count). The molecule has 0 fully saturated rings. The van der Waals surface area contributed by atoms with Crippen LogP contribution in [0.2, 0.25) is 5.02 Å². The van der Waals surface area contributed by atoms with Crippen molar-refractivity contribution in [2.24, 2.45) is 0 Å². The summed E-state index contributed by atoms with van der Waals surface area (Å²) in [5.74, 6) is 0.209. The molecule has 4 nitrogen and oxygen atoms in total. The van der Waals surface area contributed by atoms with E-state index in [1.54, 1.807) is 29.1 Å². The zero-order chi connectivity index (χ0) is 11.5. The molecule has 0 atom stereocenters. The molecule has 2 aromatic heterocycles. The van der Waals surface area contributed by atoms with E-state index in [0.717, 1.165) is 0 Å². The highest BCUT2D eigenvalue weighted by Gasteiger charge is 2.15. The van der Waals surface area contributed by atoms with Crippen LogP contribution in [0.25, 0.3) is 0 Å². The lowest BCUT2D eigenvalue weighted by atomic mass is 10.2. The largest absolute Gasteiger partial charge is 0.328 e.